The van der Waals surface area contributed by atoms with Gasteiger partial charge in [0.1, 0.15) is 98.7 Å². The molecule has 0 amide bonds. The summed E-state index contributed by atoms with van der Waals surface area (Å²) in [6, 6.07) is 61.5. The summed E-state index contributed by atoms with van der Waals surface area (Å²) in [6.07, 6.45) is 0. The van der Waals surface area contributed by atoms with E-state index in [-0.39, 0.29) is 176 Å². The van der Waals surface area contributed by atoms with Gasteiger partial charge in [-0.2, -0.15) is 0 Å². The maximum absolute atomic E-state index is 8.51. The minimum atomic E-state index is -0.102. The van der Waals surface area contributed by atoms with Gasteiger partial charge >= 0.3 is 0 Å². The van der Waals surface area contributed by atoms with Crippen LogP contribution >= 0.6 is 92.8 Å². The van der Waals surface area contributed by atoms with Gasteiger partial charge in [0.15, 0.2) is 69.3 Å². The van der Waals surface area contributed by atoms with Gasteiger partial charge in [0, 0.05) is 199 Å². The summed E-state index contributed by atoms with van der Waals surface area (Å²) in [5.74, 6) is 2.41. The number of benzene rings is 12. The third-order valence-electron chi connectivity index (χ3n) is 26.1. The van der Waals surface area contributed by atoms with Crippen LogP contribution < -0.4 is 77.1 Å². The Morgan fingerprint density at radius 2 is 0.340 bits per heavy atom. The van der Waals surface area contributed by atoms with E-state index in [9.17, 15) is 0 Å². The molecule has 2 aliphatic heterocycles. The first-order chi connectivity index (χ1) is 69.9. The minimum Gasteiger partial charge on any atom is -0.455 e. The third-order valence-corrected chi connectivity index (χ3v) is 29.3. The Balaban J connectivity index is 1.12. The van der Waals surface area contributed by atoms with Crippen molar-refractivity contribution < 1.29 is 37.9 Å². The number of nitrogens with zero attached hydrogens (tertiary/aromatic N) is 14. The number of hydrogen-bond acceptors (Lipinski definition) is 22. The quantitative estimate of drug-likeness (QED) is 0.0366. The number of ether oxygens (including phenoxy) is 8. The first kappa shape index (κ1) is 103. The minimum absolute atomic E-state index is 0.00414. The molecule has 3 aromatic heterocycles. The van der Waals surface area contributed by atoms with Gasteiger partial charge in [-0.3, -0.25) is 0 Å². The molecule has 0 spiro atoms. The van der Waals surface area contributed by atoms with Crippen molar-refractivity contribution in [3.63, 3.8) is 0 Å². The standard InChI is InChI=1S/C112H114Cl8N16O8/c1-17-129(18-2)65-41-33-49-73(57-65)137-97-83-85(99(93(117)91(97)115)139-75-51-35-43-67(59-75)131(21-5)22-6)109-124-107(83)122-105-81-82(90(114)104(144-80-56-40-48-72(64-80)136(31-15)32-16)103(89(81)113)143-79-55-39-47-71(63-79)135(29-13)30-14)106(121-105)123-108-84-86(100(140-76-52-36-44-68(60-76)132(23-7)24-8)94(118)92(116)98(84)138-74-50-34-42-66(58-74)130(19-3)20-4)110(125-108)127-112-88-87(111(126-109)128-112)101(141-77-53-37-45-69(61-77)133(25-9)26-10)95(119)96(120)102(88)142-78-54-38-46-70(62-78)134(27-11)28-12/h33-64H,17-32H2,1-16H3,(H2,121,122,123,124,125,126,127,128). The molecule has 2 N–H and O–H groups in total. The van der Waals surface area contributed by atoms with Crippen molar-refractivity contribution in [1.82, 2.24) is 39.9 Å². The fourth-order valence-electron chi connectivity index (χ4n) is 18.7. The molecule has 15 aromatic rings. The summed E-state index contributed by atoms with van der Waals surface area (Å²) < 4.78 is 59.1. The molecule has 24 nitrogen and oxygen atoms in total. The number of aromatic nitrogens is 8. The summed E-state index contributed by atoms with van der Waals surface area (Å²) in [6.45, 7) is 44.3. The zero-order valence-electron chi connectivity index (χ0n) is 83.3. The highest BCUT2D eigenvalue weighted by Gasteiger charge is 2.40. The lowest BCUT2D eigenvalue weighted by molar-refractivity contribution is 0.420. The molecule has 2 aliphatic rings. The van der Waals surface area contributed by atoms with Crippen LogP contribution in [-0.2, 0) is 0 Å². The van der Waals surface area contributed by atoms with Crippen LogP contribution in [0.15, 0.2) is 194 Å². The van der Waals surface area contributed by atoms with Gasteiger partial charge < -0.3 is 87.1 Å². The average Bonchev–Trinajstić information content (AvgIpc) is 1.55. The Kier molecular flexibility index (Phi) is 32.2. The Labute approximate surface area is 880 Å². The molecule has 5 heterocycles. The third kappa shape index (κ3) is 20.3. The highest BCUT2D eigenvalue weighted by Crippen LogP contribution is 2.62. The van der Waals surface area contributed by atoms with Crippen molar-refractivity contribution in [2.45, 2.75) is 111 Å². The van der Waals surface area contributed by atoms with Crippen LogP contribution in [0.2, 0.25) is 40.2 Å². The van der Waals surface area contributed by atoms with E-state index in [4.69, 9.17) is 161 Å². The highest BCUT2D eigenvalue weighted by molar-refractivity contribution is 6.48. The Morgan fingerprint density at radius 3 is 0.514 bits per heavy atom. The predicted molar refractivity (Wildman–Crippen MR) is 597 cm³/mol. The zero-order valence-corrected chi connectivity index (χ0v) is 89.4. The van der Waals surface area contributed by atoms with Crippen molar-refractivity contribution in [2.75, 3.05) is 144 Å². The van der Waals surface area contributed by atoms with Crippen LogP contribution in [-0.4, -0.2) is 145 Å². The molecular formula is C112H114Cl8N16O8. The van der Waals surface area contributed by atoms with E-state index in [1.807, 2.05) is 194 Å². The molecule has 746 valence electrons. The molecule has 0 saturated carbocycles. The maximum Gasteiger partial charge on any atom is 0.190 e. The van der Waals surface area contributed by atoms with E-state index in [1.165, 1.54) is 0 Å². The SMILES string of the molecule is CCN(CC)c1cccc(Oc2c(Cl)c(Cl)c(Oc3cccc(N(CC)CC)c3)c3c2-c2nc-3nc3[nH]c(nc4nc(nc5[nH]c(n2)c2c(Cl)c(Oc6cccc(N(CC)CC)c6)c(Oc6cccc(N(CC)CC)c6)c(Cl)c52)-c2c(Oc5cccc(N(CC)CC)c5)c(Cl)c(Cl)c(Oc5cccc(N(CC)CC)c5)c2-4)c2c(Oc4cccc(N(CC)CC)c4)c(Cl)c(Cl)c(Oc4cccc(N(CC)CC)c4)c32)c1. The van der Waals surface area contributed by atoms with Gasteiger partial charge in [-0.15, -0.1) is 0 Å². The summed E-state index contributed by atoms with van der Waals surface area (Å²) in [5.41, 5.74) is 7.32. The van der Waals surface area contributed by atoms with Crippen LogP contribution in [0.3, 0.4) is 0 Å². The molecule has 17 rings (SSSR count). The number of rotatable bonds is 40. The Morgan fingerprint density at radius 1 is 0.188 bits per heavy atom. The number of anilines is 8. The Bertz CT molecular complexity index is 7060. The fourth-order valence-corrected chi connectivity index (χ4v) is 20.6. The van der Waals surface area contributed by atoms with E-state index in [1.54, 1.807) is 0 Å². The molecule has 0 saturated heterocycles. The van der Waals surface area contributed by atoms with Crippen molar-refractivity contribution in [1.29, 1.82) is 0 Å². The van der Waals surface area contributed by atoms with Gasteiger partial charge in [0.2, 0.25) is 0 Å². The van der Waals surface area contributed by atoms with Crippen LogP contribution in [0, 0.1) is 0 Å². The second kappa shape index (κ2) is 45.2. The molecule has 0 fully saturated rings. The van der Waals surface area contributed by atoms with E-state index >= 15 is 0 Å². The van der Waals surface area contributed by atoms with Crippen LogP contribution in [0.25, 0.3) is 89.7 Å². The average molecular weight is 2100 g/mol. The Hall–Kier alpha value is -12.9. The van der Waals surface area contributed by atoms with E-state index in [2.05, 4.69) is 160 Å². The van der Waals surface area contributed by atoms with Gasteiger partial charge in [0.25, 0.3) is 0 Å². The van der Waals surface area contributed by atoms with Crippen molar-refractivity contribution >= 4 is 182 Å². The number of halogens is 8. The monoisotopic (exact) mass is 2090 g/mol. The van der Waals surface area contributed by atoms with Crippen LogP contribution in [0.4, 0.5) is 45.5 Å². The molecule has 0 aliphatic carbocycles. The van der Waals surface area contributed by atoms with Crippen molar-refractivity contribution in [2.24, 2.45) is 0 Å². The summed E-state index contributed by atoms with van der Waals surface area (Å²) in [5, 5.41) is -0.117. The van der Waals surface area contributed by atoms with E-state index in [0.717, 1.165) is 45.5 Å². The van der Waals surface area contributed by atoms with Gasteiger partial charge in [-0.25, -0.2) is 29.9 Å². The molecule has 144 heavy (non-hydrogen) atoms. The molecule has 8 bridgehead atoms. The topological polar surface area (TPSA) is 209 Å². The number of hydrogen-bond donors (Lipinski definition) is 2. The lowest BCUT2D eigenvalue weighted by Crippen LogP contribution is -2.21. The summed E-state index contributed by atoms with van der Waals surface area (Å²) >= 11 is 65.6. The molecule has 0 radical (unpaired) electrons. The fraction of sp³-hybridized carbons (Fsp3) is 0.286. The normalized spacial score (nSPS) is 11.5. The largest absolute Gasteiger partial charge is 0.455 e. The molecule has 0 atom stereocenters. The van der Waals surface area contributed by atoms with Gasteiger partial charge in [-0.1, -0.05) is 141 Å². The van der Waals surface area contributed by atoms with Crippen molar-refractivity contribution in [3.05, 3.63) is 234 Å². The van der Waals surface area contributed by atoms with Crippen molar-refractivity contribution in [3.8, 4) is 138 Å². The first-order valence-corrected chi connectivity index (χ1v) is 52.2. The van der Waals surface area contributed by atoms with Gasteiger partial charge in [0.05, 0.1) is 53.8 Å². The second-order valence-electron chi connectivity index (χ2n) is 33.9. The number of nitrogens with one attached hydrogen (secondary N) is 2. The number of fused-ring (bicyclic) bond motifs is 20. The van der Waals surface area contributed by atoms with E-state index < -0.39 is 0 Å². The maximum atomic E-state index is 8.51. The summed E-state index contributed by atoms with van der Waals surface area (Å²) in [4.78, 5) is 59.8. The summed E-state index contributed by atoms with van der Waals surface area (Å²) in [7, 11) is 0. The second-order valence-corrected chi connectivity index (χ2v) is 37.0. The molecular weight excluding hydrogens is 1980 g/mol. The smallest absolute Gasteiger partial charge is 0.190 e. The van der Waals surface area contributed by atoms with E-state index in [0.29, 0.717) is 151 Å². The van der Waals surface area contributed by atoms with Crippen LogP contribution in [0.5, 0.6) is 92.0 Å². The lowest BCUT2D eigenvalue weighted by Gasteiger charge is -2.23. The number of aromatic amines is 2. The predicted octanol–water partition coefficient (Wildman–Crippen LogP) is 33.2. The van der Waals surface area contributed by atoms with Gasteiger partial charge in [-0.05, 0) is 208 Å². The molecule has 32 heteroatoms. The zero-order chi connectivity index (χ0) is 102. The van der Waals surface area contributed by atoms with Crippen LogP contribution in [0.1, 0.15) is 111 Å². The highest BCUT2D eigenvalue weighted by atomic mass is 35.5. The first-order valence-electron chi connectivity index (χ1n) is 49.2. The molecule has 0 unspecified atom stereocenters. The number of H-pyrrole nitrogens is 2. The molecule has 12 aromatic carbocycles. The lowest BCUT2D eigenvalue weighted by atomic mass is 10.0.